The first-order valence-corrected chi connectivity index (χ1v) is 35.8. The van der Waals surface area contributed by atoms with E-state index in [9.17, 15) is 14.4 Å². The maximum Gasteiger partial charge on any atom is 0.306 e. The van der Waals surface area contributed by atoms with Gasteiger partial charge in [-0.2, -0.15) is 0 Å². The highest BCUT2D eigenvalue weighted by Crippen LogP contribution is 2.19. The Morgan fingerprint density at radius 1 is 0.241 bits per heavy atom. The van der Waals surface area contributed by atoms with Crippen LogP contribution < -0.4 is 0 Å². The third-order valence-electron chi connectivity index (χ3n) is 16.4. The molecule has 0 bridgehead atoms. The van der Waals surface area contributed by atoms with E-state index in [0.29, 0.717) is 19.3 Å². The van der Waals surface area contributed by atoms with Crippen molar-refractivity contribution in [2.24, 2.45) is 0 Å². The smallest absolute Gasteiger partial charge is 0.306 e. The fourth-order valence-electron chi connectivity index (χ4n) is 11.0. The lowest BCUT2D eigenvalue weighted by atomic mass is 10.0. The van der Waals surface area contributed by atoms with Crippen LogP contribution in [0.4, 0.5) is 0 Å². The minimum Gasteiger partial charge on any atom is -0.462 e. The predicted octanol–water partition coefficient (Wildman–Crippen LogP) is 24.6. The summed E-state index contributed by atoms with van der Waals surface area (Å²) in [6.07, 6.45) is 83.8. The zero-order valence-electron chi connectivity index (χ0n) is 53.7. The van der Waals surface area contributed by atoms with E-state index < -0.39 is 6.10 Å². The molecule has 0 saturated carbocycles. The minimum atomic E-state index is -0.773. The lowest BCUT2D eigenvalue weighted by Crippen LogP contribution is -2.30. The molecule has 0 aliphatic rings. The summed E-state index contributed by atoms with van der Waals surface area (Å²) in [5, 5.41) is 0. The molecule has 0 aromatic carbocycles. The second-order valence-corrected chi connectivity index (χ2v) is 24.5. The lowest BCUT2D eigenvalue weighted by molar-refractivity contribution is -0.167. The number of rotatable bonds is 67. The molecule has 0 rings (SSSR count). The van der Waals surface area contributed by atoms with Crippen molar-refractivity contribution < 1.29 is 28.6 Å². The number of allylic oxidation sites excluding steroid dienone is 4. The molecule has 0 aliphatic heterocycles. The van der Waals surface area contributed by atoms with Gasteiger partial charge in [-0.25, -0.2) is 0 Å². The minimum absolute atomic E-state index is 0.0697. The van der Waals surface area contributed by atoms with Crippen molar-refractivity contribution in [2.75, 3.05) is 13.2 Å². The average molecular weight is 1110 g/mol. The Kier molecular flexibility index (Phi) is 66.6. The second kappa shape index (κ2) is 68.4. The first-order valence-electron chi connectivity index (χ1n) is 35.8. The van der Waals surface area contributed by atoms with Crippen LogP contribution in [0.15, 0.2) is 24.3 Å². The highest BCUT2D eigenvalue weighted by molar-refractivity contribution is 5.71. The SMILES string of the molecule is CCC/C=C\CCCCCCCC(=O)OCC(COC(=O)CCCCCCCCCCCCCCCCCCCCCCCCCCCCCCCC)OC(=O)CCCCCCCCCCC/C=C\CCCCCCCCCC. The van der Waals surface area contributed by atoms with E-state index in [0.717, 1.165) is 70.6 Å². The summed E-state index contributed by atoms with van der Waals surface area (Å²) in [7, 11) is 0. The molecule has 6 heteroatoms. The van der Waals surface area contributed by atoms with Gasteiger partial charge in [-0.1, -0.05) is 347 Å². The summed E-state index contributed by atoms with van der Waals surface area (Å²) in [6.45, 7) is 6.65. The van der Waals surface area contributed by atoms with Gasteiger partial charge in [0.1, 0.15) is 13.2 Å². The van der Waals surface area contributed by atoms with Crippen molar-refractivity contribution in [3.05, 3.63) is 24.3 Å². The third kappa shape index (κ3) is 66.6. The van der Waals surface area contributed by atoms with E-state index >= 15 is 0 Å². The van der Waals surface area contributed by atoms with Crippen LogP contribution in [0.1, 0.15) is 406 Å². The molecule has 0 saturated heterocycles. The fourth-order valence-corrected chi connectivity index (χ4v) is 11.0. The van der Waals surface area contributed by atoms with Crippen molar-refractivity contribution >= 4 is 17.9 Å². The first-order chi connectivity index (χ1) is 39.0. The van der Waals surface area contributed by atoms with Gasteiger partial charge in [-0.05, 0) is 64.2 Å². The van der Waals surface area contributed by atoms with Gasteiger partial charge >= 0.3 is 17.9 Å². The van der Waals surface area contributed by atoms with Crippen LogP contribution in [0, 0.1) is 0 Å². The Labute approximate surface area is 493 Å². The van der Waals surface area contributed by atoms with Crippen LogP contribution in [0.3, 0.4) is 0 Å². The van der Waals surface area contributed by atoms with Crippen molar-refractivity contribution in [1.82, 2.24) is 0 Å². The molecule has 0 aliphatic carbocycles. The van der Waals surface area contributed by atoms with E-state index in [4.69, 9.17) is 14.2 Å². The Morgan fingerprint density at radius 2 is 0.443 bits per heavy atom. The monoisotopic (exact) mass is 1110 g/mol. The average Bonchev–Trinajstić information content (AvgIpc) is 3.45. The second-order valence-electron chi connectivity index (χ2n) is 24.5. The number of hydrogen-bond donors (Lipinski definition) is 0. The molecule has 79 heavy (non-hydrogen) atoms. The largest absolute Gasteiger partial charge is 0.462 e. The fraction of sp³-hybridized carbons (Fsp3) is 0.904. The van der Waals surface area contributed by atoms with Crippen LogP contribution in [-0.2, 0) is 28.6 Å². The number of esters is 3. The van der Waals surface area contributed by atoms with Gasteiger partial charge in [0.25, 0.3) is 0 Å². The summed E-state index contributed by atoms with van der Waals surface area (Å²) < 4.78 is 16.9. The van der Waals surface area contributed by atoms with E-state index in [1.807, 2.05) is 0 Å². The van der Waals surface area contributed by atoms with E-state index in [1.165, 1.54) is 295 Å². The Balaban J connectivity index is 4.08. The van der Waals surface area contributed by atoms with Crippen molar-refractivity contribution in [1.29, 1.82) is 0 Å². The molecular formula is C73H138O6. The maximum absolute atomic E-state index is 12.9. The zero-order valence-corrected chi connectivity index (χ0v) is 53.7. The quantitative estimate of drug-likeness (QED) is 0.0261. The Hall–Kier alpha value is -2.11. The summed E-state index contributed by atoms with van der Waals surface area (Å²) in [6, 6.07) is 0. The number of carbonyl (C=O) groups excluding carboxylic acids is 3. The molecule has 0 heterocycles. The molecule has 0 N–H and O–H groups in total. The molecule has 0 radical (unpaired) electrons. The number of unbranched alkanes of at least 4 members (excludes halogenated alkanes) is 52. The molecule has 0 amide bonds. The lowest BCUT2D eigenvalue weighted by Gasteiger charge is -2.18. The topological polar surface area (TPSA) is 78.9 Å². The van der Waals surface area contributed by atoms with E-state index in [2.05, 4.69) is 45.1 Å². The first kappa shape index (κ1) is 76.9. The Morgan fingerprint density at radius 3 is 0.684 bits per heavy atom. The van der Waals surface area contributed by atoms with Crippen LogP contribution in [0.5, 0.6) is 0 Å². The normalized spacial score (nSPS) is 12.1. The summed E-state index contributed by atoms with van der Waals surface area (Å²) in [5.74, 6) is -0.855. The molecular weight excluding hydrogens is 973 g/mol. The van der Waals surface area contributed by atoms with E-state index in [-0.39, 0.29) is 31.1 Å². The van der Waals surface area contributed by atoms with Gasteiger partial charge < -0.3 is 14.2 Å². The van der Waals surface area contributed by atoms with Crippen LogP contribution in [-0.4, -0.2) is 37.2 Å². The van der Waals surface area contributed by atoms with E-state index in [1.54, 1.807) is 0 Å². The number of hydrogen-bond acceptors (Lipinski definition) is 6. The van der Waals surface area contributed by atoms with Crippen LogP contribution >= 0.6 is 0 Å². The van der Waals surface area contributed by atoms with Gasteiger partial charge in [0, 0.05) is 19.3 Å². The van der Waals surface area contributed by atoms with Crippen molar-refractivity contribution in [2.45, 2.75) is 412 Å². The Bertz CT molecular complexity index is 1270. The number of carbonyl (C=O) groups is 3. The third-order valence-corrected chi connectivity index (χ3v) is 16.4. The summed E-state index contributed by atoms with van der Waals surface area (Å²) in [5.41, 5.74) is 0. The van der Waals surface area contributed by atoms with Crippen LogP contribution in [0.25, 0.3) is 0 Å². The van der Waals surface area contributed by atoms with Gasteiger partial charge in [-0.15, -0.1) is 0 Å². The molecule has 0 spiro atoms. The molecule has 466 valence electrons. The van der Waals surface area contributed by atoms with Gasteiger partial charge in [-0.3, -0.25) is 14.4 Å². The number of ether oxygens (including phenoxy) is 3. The van der Waals surface area contributed by atoms with Gasteiger partial charge in [0.05, 0.1) is 0 Å². The molecule has 0 fully saturated rings. The van der Waals surface area contributed by atoms with Gasteiger partial charge in [0.2, 0.25) is 0 Å². The molecule has 1 atom stereocenters. The van der Waals surface area contributed by atoms with Gasteiger partial charge in [0.15, 0.2) is 6.10 Å². The summed E-state index contributed by atoms with van der Waals surface area (Å²) in [4.78, 5) is 38.3. The van der Waals surface area contributed by atoms with Crippen molar-refractivity contribution in [3.8, 4) is 0 Å². The summed E-state index contributed by atoms with van der Waals surface area (Å²) >= 11 is 0. The molecule has 0 aromatic heterocycles. The standard InChI is InChI=1S/C73H138O6/c1-4-7-10-13-16-19-22-24-26-28-30-32-33-34-35-36-37-38-39-40-42-43-45-47-49-51-54-57-60-63-66-72(75)78-69-70(68-77-71(74)65-62-59-56-53-21-18-15-12-9-6-3)79-73(76)67-64-61-58-55-52-50-48-46-44-41-31-29-27-25-23-20-17-14-11-8-5-2/h12,15,29,31,70H,4-11,13-14,16-28,30,32-69H2,1-3H3/b15-12-,31-29-. The molecule has 1 unspecified atom stereocenters. The predicted molar refractivity (Wildman–Crippen MR) is 344 cm³/mol. The highest BCUT2D eigenvalue weighted by Gasteiger charge is 2.19. The maximum atomic E-state index is 12.9. The molecule has 6 nitrogen and oxygen atoms in total. The zero-order chi connectivity index (χ0) is 57.1. The highest BCUT2D eigenvalue weighted by atomic mass is 16.6. The van der Waals surface area contributed by atoms with Crippen LogP contribution in [0.2, 0.25) is 0 Å². The molecule has 0 aromatic rings. The van der Waals surface area contributed by atoms with Crippen molar-refractivity contribution in [3.63, 3.8) is 0 Å².